The Hall–Kier alpha value is -1.53. The van der Waals surface area contributed by atoms with Crippen molar-refractivity contribution in [3.05, 3.63) is 23.8 Å². The number of likely N-dealkylation sites (N-methyl/N-ethyl adjacent to an activating group) is 1. The molecule has 0 aliphatic heterocycles. The predicted molar refractivity (Wildman–Crippen MR) is 66.1 cm³/mol. The number of carbonyl (C=O) groups is 1. The van der Waals surface area contributed by atoms with Gasteiger partial charge in [0.25, 0.3) is 5.91 Å². The Bertz CT molecular complexity index is 398. The Morgan fingerprint density at radius 2 is 2.28 bits per heavy atom. The summed E-state index contributed by atoms with van der Waals surface area (Å²) in [6.45, 7) is 1.72. The van der Waals surface area contributed by atoms with Gasteiger partial charge in [-0.1, -0.05) is 13.3 Å². The zero-order chi connectivity index (χ0) is 13.5. The first-order chi connectivity index (χ1) is 8.60. The minimum atomic E-state index is -0.932. The van der Waals surface area contributed by atoms with Gasteiger partial charge in [0.2, 0.25) is 0 Å². The molecule has 100 valence electrons. The monoisotopic (exact) mass is 253 g/mol. The van der Waals surface area contributed by atoms with Gasteiger partial charge in [-0.15, -0.1) is 0 Å². The second kappa shape index (κ2) is 7.03. The van der Waals surface area contributed by atoms with E-state index in [4.69, 9.17) is 5.11 Å². The fraction of sp³-hybridized carbons (Fsp3) is 0.583. The molecule has 1 amide bonds. The van der Waals surface area contributed by atoms with E-state index < -0.39 is 6.10 Å². The zero-order valence-corrected chi connectivity index (χ0v) is 10.7. The first kappa shape index (κ1) is 14.5. The summed E-state index contributed by atoms with van der Waals surface area (Å²) < 4.78 is 0. The molecule has 0 fully saturated rings. The van der Waals surface area contributed by atoms with Crippen LogP contribution in [0.15, 0.2) is 12.5 Å². The van der Waals surface area contributed by atoms with E-state index in [2.05, 4.69) is 9.97 Å². The molecule has 0 saturated heterocycles. The molecule has 1 heterocycles. The molecule has 1 aromatic rings. The third-order valence-corrected chi connectivity index (χ3v) is 2.55. The molecule has 18 heavy (non-hydrogen) atoms. The van der Waals surface area contributed by atoms with Crippen molar-refractivity contribution in [1.29, 1.82) is 0 Å². The summed E-state index contributed by atoms with van der Waals surface area (Å²) in [5, 5.41) is 18.1. The Labute approximate surface area is 106 Å². The van der Waals surface area contributed by atoms with Crippen molar-refractivity contribution in [2.24, 2.45) is 0 Å². The number of rotatable bonds is 6. The van der Waals surface area contributed by atoms with Gasteiger partial charge in [0.1, 0.15) is 6.33 Å². The maximum Gasteiger partial charge on any atom is 0.257 e. The zero-order valence-electron chi connectivity index (χ0n) is 10.7. The number of aryl methyl sites for hydroxylation is 1. The van der Waals surface area contributed by atoms with Gasteiger partial charge in [-0.2, -0.15) is 0 Å². The van der Waals surface area contributed by atoms with Gasteiger partial charge in [0.15, 0.2) is 0 Å². The van der Waals surface area contributed by atoms with Gasteiger partial charge in [-0.05, 0) is 6.42 Å². The van der Waals surface area contributed by atoms with Crippen LogP contribution in [0.5, 0.6) is 0 Å². The van der Waals surface area contributed by atoms with E-state index in [9.17, 15) is 9.90 Å². The van der Waals surface area contributed by atoms with Crippen LogP contribution < -0.4 is 0 Å². The van der Waals surface area contributed by atoms with Crippen molar-refractivity contribution in [3.63, 3.8) is 0 Å². The van der Waals surface area contributed by atoms with Gasteiger partial charge < -0.3 is 15.1 Å². The lowest BCUT2D eigenvalue weighted by Crippen LogP contribution is -2.36. The fourth-order valence-corrected chi connectivity index (χ4v) is 1.63. The Morgan fingerprint density at radius 1 is 1.56 bits per heavy atom. The van der Waals surface area contributed by atoms with E-state index in [0.717, 1.165) is 6.42 Å². The van der Waals surface area contributed by atoms with Crippen LogP contribution in [0, 0.1) is 0 Å². The number of nitrogens with zero attached hydrogens (tertiary/aromatic N) is 3. The van der Waals surface area contributed by atoms with Crippen molar-refractivity contribution in [3.8, 4) is 0 Å². The highest BCUT2D eigenvalue weighted by Crippen LogP contribution is 2.09. The molecule has 1 atom stereocenters. The van der Waals surface area contributed by atoms with Gasteiger partial charge >= 0.3 is 0 Å². The molecule has 1 rings (SSSR count). The Balaban J connectivity index is 2.82. The number of aromatic nitrogens is 2. The quantitative estimate of drug-likeness (QED) is 0.736. The topological polar surface area (TPSA) is 86.6 Å². The van der Waals surface area contributed by atoms with E-state index in [0.29, 0.717) is 17.7 Å². The van der Waals surface area contributed by atoms with E-state index in [1.807, 2.05) is 6.92 Å². The number of amides is 1. The number of aliphatic hydroxyl groups is 2. The van der Waals surface area contributed by atoms with Crippen LogP contribution in [-0.4, -0.2) is 57.3 Å². The van der Waals surface area contributed by atoms with Gasteiger partial charge in [0, 0.05) is 19.8 Å². The molecule has 0 saturated carbocycles. The van der Waals surface area contributed by atoms with Crippen LogP contribution in [0.3, 0.4) is 0 Å². The lowest BCUT2D eigenvalue weighted by Gasteiger charge is -2.20. The molecule has 0 aliphatic rings. The van der Waals surface area contributed by atoms with Gasteiger partial charge in [0.05, 0.1) is 24.0 Å². The SMILES string of the molecule is CCCc1ncncc1C(=O)N(C)CC(O)CO. The van der Waals surface area contributed by atoms with Crippen LogP contribution in [0.1, 0.15) is 29.4 Å². The van der Waals surface area contributed by atoms with Crippen LogP contribution >= 0.6 is 0 Å². The summed E-state index contributed by atoms with van der Waals surface area (Å²) >= 11 is 0. The fourth-order valence-electron chi connectivity index (χ4n) is 1.63. The van der Waals surface area contributed by atoms with E-state index in [1.165, 1.54) is 17.4 Å². The molecule has 6 nitrogen and oxygen atoms in total. The maximum absolute atomic E-state index is 12.1. The minimum absolute atomic E-state index is 0.0792. The molecule has 0 aliphatic carbocycles. The largest absolute Gasteiger partial charge is 0.394 e. The average Bonchev–Trinajstić information content (AvgIpc) is 2.38. The Morgan fingerprint density at radius 3 is 2.89 bits per heavy atom. The molecule has 0 radical (unpaired) electrons. The summed E-state index contributed by atoms with van der Waals surface area (Å²) in [5.74, 6) is -0.244. The summed E-state index contributed by atoms with van der Waals surface area (Å²) in [4.78, 5) is 21.5. The van der Waals surface area contributed by atoms with Crippen molar-refractivity contribution in [2.45, 2.75) is 25.9 Å². The van der Waals surface area contributed by atoms with Crippen LogP contribution in [0.2, 0.25) is 0 Å². The molecule has 1 unspecified atom stereocenters. The van der Waals surface area contributed by atoms with Crippen LogP contribution in [0.25, 0.3) is 0 Å². The smallest absolute Gasteiger partial charge is 0.257 e. The van der Waals surface area contributed by atoms with E-state index in [-0.39, 0.29) is 19.1 Å². The molecular weight excluding hydrogens is 234 g/mol. The van der Waals surface area contributed by atoms with Gasteiger partial charge in [-0.25, -0.2) is 9.97 Å². The summed E-state index contributed by atoms with van der Waals surface area (Å²) in [7, 11) is 1.57. The molecule has 1 aromatic heterocycles. The Kier molecular flexibility index (Phi) is 5.67. The highest BCUT2D eigenvalue weighted by Gasteiger charge is 2.18. The maximum atomic E-state index is 12.1. The number of hydrogen-bond acceptors (Lipinski definition) is 5. The predicted octanol–water partition coefficient (Wildman–Crippen LogP) is -0.146. The van der Waals surface area contributed by atoms with Crippen molar-refractivity contribution in [1.82, 2.24) is 14.9 Å². The van der Waals surface area contributed by atoms with E-state index >= 15 is 0 Å². The van der Waals surface area contributed by atoms with Crippen molar-refractivity contribution < 1.29 is 15.0 Å². The summed E-state index contributed by atoms with van der Waals surface area (Å²) in [5.41, 5.74) is 1.16. The van der Waals surface area contributed by atoms with Gasteiger partial charge in [-0.3, -0.25) is 4.79 Å². The molecule has 6 heteroatoms. The average molecular weight is 253 g/mol. The molecule has 0 aromatic carbocycles. The third kappa shape index (κ3) is 3.75. The second-order valence-electron chi connectivity index (χ2n) is 4.16. The number of carbonyl (C=O) groups excluding carboxylic acids is 1. The third-order valence-electron chi connectivity index (χ3n) is 2.55. The normalized spacial score (nSPS) is 12.2. The van der Waals surface area contributed by atoms with Crippen LogP contribution in [-0.2, 0) is 6.42 Å². The molecule has 0 spiro atoms. The lowest BCUT2D eigenvalue weighted by atomic mass is 10.1. The molecule has 2 N–H and O–H groups in total. The molecule has 0 bridgehead atoms. The highest BCUT2D eigenvalue weighted by molar-refractivity contribution is 5.94. The lowest BCUT2D eigenvalue weighted by molar-refractivity contribution is 0.0519. The highest BCUT2D eigenvalue weighted by atomic mass is 16.3. The number of aliphatic hydroxyl groups excluding tert-OH is 2. The summed E-state index contributed by atoms with van der Waals surface area (Å²) in [6.07, 6.45) is 3.57. The molecular formula is C12H19N3O3. The number of hydrogen-bond donors (Lipinski definition) is 2. The standard InChI is InChI=1S/C12H19N3O3/c1-3-4-11-10(5-13-8-14-11)12(18)15(2)6-9(17)7-16/h5,8-9,16-17H,3-4,6-7H2,1-2H3. The van der Waals surface area contributed by atoms with Crippen LogP contribution in [0.4, 0.5) is 0 Å². The second-order valence-corrected chi connectivity index (χ2v) is 4.16. The van der Waals surface area contributed by atoms with E-state index in [1.54, 1.807) is 7.05 Å². The minimum Gasteiger partial charge on any atom is -0.394 e. The van der Waals surface area contributed by atoms with Crippen molar-refractivity contribution in [2.75, 3.05) is 20.2 Å². The first-order valence-corrected chi connectivity index (χ1v) is 5.93. The first-order valence-electron chi connectivity index (χ1n) is 5.93. The van der Waals surface area contributed by atoms with Crippen molar-refractivity contribution >= 4 is 5.91 Å². The summed E-state index contributed by atoms with van der Waals surface area (Å²) in [6, 6.07) is 0.